The number of pyridine rings is 1. The predicted octanol–water partition coefficient (Wildman–Crippen LogP) is 10.2. The maximum Gasteiger partial charge on any atom is 0.146 e. The van der Waals surface area contributed by atoms with E-state index in [1.54, 1.807) is 0 Å². The Labute approximate surface area is 228 Å². The SMILES string of the molecule is c1ccc(-c2ccc(N(c3ccccc3-c3ccccc3)c3nc4ccccc4c4ccccc34)cc2)cc1. The van der Waals surface area contributed by atoms with Crippen molar-refractivity contribution in [2.75, 3.05) is 4.90 Å². The second-order valence-electron chi connectivity index (χ2n) is 9.63. The number of rotatable bonds is 5. The van der Waals surface area contributed by atoms with Crippen LogP contribution in [0.5, 0.6) is 0 Å². The minimum Gasteiger partial charge on any atom is -0.294 e. The molecule has 7 rings (SSSR count). The molecule has 0 amide bonds. The summed E-state index contributed by atoms with van der Waals surface area (Å²) in [5.74, 6) is 0.917. The van der Waals surface area contributed by atoms with E-state index in [0.717, 1.165) is 39.0 Å². The summed E-state index contributed by atoms with van der Waals surface area (Å²) < 4.78 is 0. The van der Waals surface area contributed by atoms with Gasteiger partial charge in [0.1, 0.15) is 5.82 Å². The van der Waals surface area contributed by atoms with E-state index < -0.39 is 0 Å². The van der Waals surface area contributed by atoms with Crippen LogP contribution in [0.15, 0.2) is 158 Å². The Morgan fingerprint density at radius 3 is 1.67 bits per heavy atom. The summed E-state index contributed by atoms with van der Waals surface area (Å²) in [6.07, 6.45) is 0. The molecule has 2 nitrogen and oxygen atoms in total. The van der Waals surface area contributed by atoms with Gasteiger partial charge in [0.05, 0.1) is 11.2 Å². The molecule has 0 saturated carbocycles. The van der Waals surface area contributed by atoms with Crippen LogP contribution in [-0.4, -0.2) is 4.98 Å². The molecular weight excluding hydrogens is 472 g/mol. The smallest absolute Gasteiger partial charge is 0.146 e. The summed E-state index contributed by atoms with van der Waals surface area (Å²) in [4.78, 5) is 7.61. The molecule has 1 heterocycles. The quantitative estimate of drug-likeness (QED) is 0.219. The Hall–Kier alpha value is -5.21. The van der Waals surface area contributed by atoms with Gasteiger partial charge in [-0.3, -0.25) is 4.90 Å². The molecule has 0 unspecified atom stereocenters. The van der Waals surface area contributed by atoms with Crippen LogP contribution in [0.1, 0.15) is 0 Å². The minimum atomic E-state index is 0.917. The maximum absolute atomic E-state index is 5.30. The van der Waals surface area contributed by atoms with Crippen LogP contribution in [0.25, 0.3) is 43.9 Å². The van der Waals surface area contributed by atoms with E-state index in [2.05, 4.69) is 163 Å². The fourth-order valence-electron chi connectivity index (χ4n) is 5.40. The largest absolute Gasteiger partial charge is 0.294 e. The van der Waals surface area contributed by atoms with Gasteiger partial charge in [0.25, 0.3) is 0 Å². The lowest BCUT2D eigenvalue weighted by atomic mass is 10.0. The van der Waals surface area contributed by atoms with Gasteiger partial charge in [-0.2, -0.15) is 0 Å². The molecule has 0 atom stereocenters. The highest BCUT2D eigenvalue weighted by molar-refractivity contribution is 6.12. The first kappa shape index (κ1) is 22.9. The van der Waals surface area contributed by atoms with Crippen molar-refractivity contribution in [1.29, 1.82) is 0 Å². The molecule has 0 spiro atoms. The zero-order valence-corrected chi connectivity index (χ0v) is 21.4. The van der Waals surface area contributed by atoms with Crippen LogP contribution in [0.3, 0.4) is 0 Å². The lowest BCUT2D eigenvalue weighted by Crippen LogP contribution is -2.13. The number of anilines is 3. The Balaban J connectivity index is 1.50. The van der Waals surface area contributed by atoms with E-state index in [0.29, 0.717) is 0 Å². The van der Waals surface area contributed by atoms with Crippen LogP contribution < -0.4 is 4.90 Å². The normalized spacial score (nSPS) is 11.1. The standard InChI is InChI=1S/C37H26N2/c1-3-13-27(14-4-1)28-23-25-30(26-24-28)39(36-22-12-10-17-31(36)29-15-5-2-6-16-29)37-34-20-8-7-18-32(34)33-19-9-11-21-35(33)38-37/h1-26H. The van der Waals surface area contributed by atoms with Crippen LogP contribution in [0.4, 0.5) is 17.2 Å². The fourth-order valence-corrected chi connectivity index (χ4v) is 5.40. The number of nitrogens with zero attached hydrogens (tertiary/aromatic N) is 2. The van der Waals surface area contributed by atoms with Gasteiger partial charge in [0.2, 0.25) is 0 Å². The summed E-state index contributed by atoms with van der Waals surface area (Å²) >= 11 is 0. The van der Waals surface area contributed by atoms with Crippen molar-refractivity contribution in [2.24, 2.45) is 0 Å². The fraction of sp³-hybridized carbons (Fsp3) is 0. The number of aromatic nitrogens is 1. The van der Waals surface area contributed by atoms with E-state index in [1.165, 1.54) is 22.1 Å². The van der Waals surface area contributed by atoms with E-state index in [-0.39, 0.29) is 0 Å². The molecule has 0 fully saturated rings. The molecule has 2 heteroatoms. The van der Waals surface area contributed by atoms with Crippen LogP contribution in [0.2, 0.25) is 0 Å². The van der Waals surface area contributed by atoms with Crippen LogP contribution in [0, 0.1) is 0 Å². The second kappa shape index (κ2) is 9.92. The third-order valence-electron chi connectivity index (χ3n) is 7.26. The van der Waals surface area contributed by atoms with Gasteiger partial charge in [-0.1, -0.05) is 133 Å². The lowest BCUT2D eigenvalue weighted by Gasteiger charge is -2.28. The molecule has 39 heavy (non-hydrogen) atoms. The third-order valence-corrected chi connectivity index (χ3v) is 7.26. The Morgan fingerprint density at radius 2 is 0.923 bits per heavy atom. The molecule has 0 N–H and O–H groups in total. The van der Waals surface area contributed by atoms with Crippen LogP contribution >= 0.6 is 0 Å². The van der Waals surface area contributed by atoms with Crippen molar-refractivity contribution < 1.29 is 0 Å². The number of benzene rings is 6. The molecule has 0 aliphatic rings. The van der Waals surface area contributed by atoms with Crippen molar-refractivity contribution in [3.05, 3.63) is 158 Å². The Bertz CT molecular complexity index is 1890. The van der Waals surface area contributed by atoms with Gasteiger partial charge >= 0.3 is 0 Å². The van der Waals surface area contributed by atoms with Gasteiger partial charge in [0.15, 0.2) is 0 Å². The molecule has 0 radical (unpaired) electrons. The Kier molecular flexibility index (Phi) is 5.84. The summed E-state index contributed by atoms with van der Waals surface area (Å²) in [5, 5.41) is 3.47. The number of fused-ring (bicyclic) bond motifs is 3. The highest BCUT2D eigenvalue weighted by Gasteiger charge is 2.21. The first-order chi connectivity index (χ1) is 19.4. The average Bonchev–Trinajstić information content (AvgIpc) is 3.03. The summed E-state index contributed by atoms with van der Waals surface area (Å²) in [6.45, 7) is 0. The van der Waals surface area contributed by atoms with Gasteiger partial charge < -0.3 is 0 Å². The van der Waals surface area contributed by atoms with Crippen LogP contribution in [-0.2, 0) is 0 Å². The molecule has 0 aliphatic carbocycles. The highest BCUT2D eigenvalue weighted by atomic mass is 15.2. The molecule has 1 aromatic heterocycles. The van der Waals surface area contributed by atoms with E-state index in [9.17, 15) is 0 Å². The van der Waals surface area contributed by atoms with Gasteiger partial charge in [-0.05, 0) is 46.3 Å². The minimum absolute atomic E-state index is 0.917. The first-order valence-corrected chi connectivity index (χ1v) is 13.2. The van der Waals surface area contributed by atoms with E-state index in [4.69, 9.17) is 4.98 Å². The molecule has 0 bridgehead atoms. The van der Waals surface area contributed by atoms with Crippen molar-refractivity contribution in [1.82, 2.24) is 4.98 Å². The molecule has 6 aromatic carbocycles. The van der Waals surface area contributed by atoms with Crippen molar-refractivity contribution >= 4 is 38.9 Å². The lowest BCUT2D eigenvalue weighted by molar-refractivity contribution is 1.22. The molecule has 7 aromatic rings. The summed E-state index contributed by atoms with van der Waals surface area (Å²) in [6, 6.07) is 55.5. The second-order valence-corrected chi connectivity index (χ2v) is 9.63. The first-order valence-electron chi connectivity index (χ1n) is 13.2. The maximum atomic E-state index is 5.30. The average molecular weight is 499 g/mol. The zero-order valence-electron chi connectivity index (χ0n) is 21.4. The van der Waals surface area contributed by atoms with E-state index >= 15 is 0 Å². The van der Waals surface area contributed by atoms with Crippen molar-refractivity contribution in [3.63, 3.8) is 0 Å². The Morgan fingerprint density at radius 1 is 0.385 bits per heavy atom. The monoisotopic (exact) mass is 498 g/mol. The van der Waals surface area contributed by atoms with Gasteiger partial charge in [-0.15, -0.1) is 0 Å². The van der Waals surface area contributed by atoms with Crippen molar-refractivity contribution in [2.45, 2.75) is 0 Å². The highest BCUT2D eigenvalue weighted by Crippen LogP contribution is 2.44. The summed E-state index contributed by atoms with van der Waals surface area (Å²) in [5.41, 5.74) is 7.85. The number of para-hydroxylation sites is 2. The number of hydrogen-bond acceptors (Lipinski definition) is 2. The third kappa shape index (κ3) is 4.22. The number of hydrogen-bond donors (Lipinski definition) is 0. The molecular formula is C37H26N2. The van der Waals surface area contributed by atoms with Crippen molar-refractivity contribution in [3.8, 4) is 22.3 Å². The predicted molar refractivity (Wildman–Crippen MR) is 165 cm³/mol. The topological polar surface area (TPSA) is 16.1 Å². The van der Waals surface area contributed by atoms with E-state index in [1.807, 2.05) is 0 Å². The van der Waals surface area contributed by atoms with Gasteiger partial charge in [-0.25, -0.2) is 4.98 Å². The summed E-state index contributed by atoms with van der Waals surface area (Å²) in [7, 11) is 0. The molecule has 0 saturated heterocycles. The molecule has 0 aliphatic heterocycles. The molecule has 184 valence electrons. The van der Waals surface area contributed by atoms with Gasteiger partial charge in [0, 0.05) is 22.0 Å². The zero-order chi connectivity index (χ0) is 26.0.